The number of carbonyl (C=O) groups excluding carboxylic acids is 1. The highest BCUT2D eigenvalue weighted by Crippen LogP contribution is 2.53. The van der Waals surface area contributed by atoms with Crippen LogP contribution in [0.5, 0.6) is 11.5 Å². The van der Waals surface area contributed by atoms with Crippen LogP contribution in [-0.4, -0.2) is 47.8 Å². The van der Waals surface area contributed by atoms with E-state index >= 15 is 0 Å². The van der Waals surface area contributed by atoms with Crippen molar-refractivity contribution in [2.75, 3.05) is 20.3 Å². The molecule has 0 spiro atoms. The van der Waals surface area contributed by atoms with E-state index < -0.39 is 16.9 Å². The number of hydrogen-bond acceptors (Lipinski definition) is 9. The molecular weight excluding hydrogens is 588 g/mol. The summed E-state index contributed by atoms with van der Waals surface area (Å²) in [5.74, 6) is 1.06. The fourth-order valence-corrected chi connectivity index (χ4v) is 5.82. The molecule has 3 aromatic carbocycles. The lowest BCUT2D eigenvalue weighted by Crippen LogP contribution is -2.46. The van der Waals surface area contributed by atoms with Crippen LogP contribution in [0.2, 0.25) is 0 Å². The second-order valence-electron chi connectivity index (χ2n) is 10.8. The topological polar surface area (TPSA) is 129 Å². The zero-order chi connectivity index (χ0) is 32.7. The van der Waals surface area contributed by atoms with E-state index in [-0.39, 0.29) is 24.0 Å². The minimum absolute atomic E-state index is 0.0544. The van der Waals surface area contributed by atoms with Gasteiger partial charge in [0.15, 0.2) is 0 Å². The second kappa shape index (κ2) is 12.0. The average molecular weight is 621 g/mol. The van der Waals surface area contributed by atoms with E-state index in [1.54, 1.807) is 25.0 Å². The molecule has 2 aliphatic rings. The van der Waals surface area contributed by atoms with E-state index in [1.165, 1.54) is 24.3 Å². The molecule has 11 nitrogen and oxygen atoms in total. The molecule has 0 fully saturated rings. The van der Waals surface area contributed by atoms with Crippen molar-refractivity contribution in [3.05, 3.63) is 105 Å². The quantitative estimate of drug-likeness (QED) is 0.0852. The van der Waals surface area contributed by atoms with Crippen LogP contribution in [0.25, 0.3) is 22.6 Å². The van der Waals surface area contributed by atoms with Crippen LogP contribution in [0.1, 0.15) is 61.8 Å². The molecule has 6 rings (SSSR count). The maximum absolute atomic E-state index is 13.7. The number of methoxy groups -OCH3 is 1. The summed E-state index contributed by atoms with van der Waals surface area (Å²) in [5.41, 5.74) is 5.38. The zero-order valence-electron chi connectivity index (χ0n) is 26.1. The van der Waals surface area contributed by atoms with Crippen molar-refractivity contribution in [3.63, 3.8) is 0 Å². The van der Waals surface area contributed by atoms with Gasteiger partial charge in [-0.3, -0.25) is 20.0 Å². The number of ether oxygens (including phenoxy) is 3. The van der Waals surface area contributed by atoms with Gasteiger partial charge in [0.25, 0.3) is 5.69 Å². The van der Waals surface area contributed by atoms with Crippen molar-refractivity contribution in [1.82, 2.24) is 4.90 Å². The van der Waals surface area contributed by atoms with Crippen LogP contribution in [0.15, 0.2) is 81.3 Å². The molecule has 1 unspecified atom stereocenters. The van der Waals surface area contributed by atoms with Crippen molar-refractivity contribution in [1.29, 1.82) is 0 Å². The Morgan fingerprint density at radius 3 is 2.52 bits per heavy atom. The van der Waals surface area contributed by atoms with Gasteiger partial charge >= 0.3 is 12.0 Å². The molecule has 2 aliphatic heterocycles. The zero-order valence-corrected chi connectivity index (χ0v) is 26.1. The summed E-state index contributed by atoms with van der Waals surface area (Å²) < 4.78 is 24.6. The fraction of sp³-hybridized carbons (Fsp3) is 0.229. The highest BCUT2D eigenvalue weighted by atomic mass is 16.6. The van der Waals surface area contributed by atoms with Gasteiger partial charge in [0.05, 0.1) is 29.9 Å². The van der Waals surface area contributed by atoms with Gasteiger partial charge in [-0.15, -0.1) is 0 Å². The highest BCUT2D eigenvalue weighted by Gasteiger charge is 2.46. The summed E-state index contributed by atoms with van der Waals surface area (Å²) in [5, 5.41) is 12.1. The van der Waals surface area contributed by atoms with Gasteiger partial charge < -0.3 is 18.6 Å². The number of hydrogen-bond donors (Lipinski definition) is 0. The molecule has 0 aliphatic carbocycles. The van der Waals surface area contributed by atoms with Crippen molar-refractivity contribution in [3.8, 4) is 11.5 Å². The van der Waals surface area contributed by atoms with Gasteiger partial charge in [-0.05, 0) is 75.2 Å². The summed E-state index contributed by atoms with van der Waals surface area (Å²) in [6.45, 7) is 12.2. The number of non-ortho nitro benzene ring substituents is 1. The number of fused-ring (bicyclic) bond motifs is 7. The molecule has 1 aromatic heterocycles. The van der Waals surface area contributed by atoms with Gasteiger partial charge in [-0.2, -0.15) is 4.99 Å². The van der Waals surface area contributed by atoms with Gasteiger partial charge in [0, 0.05) is 40.9 Å². The Kier molecular flexibility index (Phi) is 7.91. The molecule has 46 heavy (non-hydrogen) atoms. The molecule has 11 heteroatoms. The Morgan fingerprint density at radius 2 is 1.87 bits per heavy atom. The second-order valence-corrected chi connectivity index (χ2v) is 10.8. The number of nitrogens with zero attached hydrogens (tertiary/aromatic N) is 4. The molecule has 0 saturated carbocycles. The van der Waals surface area contributed by atoms with Crippen molar-refractivity contribution < 1.29 is 28.3 Å². The lowest BCUT2D eigenvalue weighted by Gasteiger charge is -2.42. The van der Waals surface area contributed by atoms with Crippen LogP contribution < -0.4 is 9.47 Å². The van der Waals surface area contributed by atoms with Crippen molar-refractivity contribution in [2.45, 2.75) is 33.7 Å². The molecule has 3 heterocycles. The number of aliphatic imine (C=N–C) groups is 2. The van der Waals surface area contributed by atoms with E-state index in [0.29, 0.717) is 40.6 Å². The van der Waals surface area contributed by atoms with Crippen LogP contribution in [0, 0.1) is 10.1 Å². The number of benzene rings is 3. The van der Waals surface area contributed by atoms with Crippen LogP contribution in [0.4, 0.5) is 11.4 Å². The predicted molar refractivity (Wildman–Crippen MR) is 176 cm³/mol. The number of carbonyl (C=O) groups is 1. The molecule has 4 aromatic rings. The molecule has 0 amide bonds. The monoisotopic (exact) mass is 620 g/mol. The third-order valence-corrected chi connectivity index (χ3v) is 7.85. The van der Waals surface area contributed by atoms with Gasteiger partial charge in [-0.1, -0.05) is 18.7 Å². The average Bonchev–Trinajstić information content (AvgIpc) is 3.48. The Bertz CT molecular complexity index is 2000. The van der Waals surface area contributed by atoms with Gasteiger partial charge in [-0.25, -0.2) is 4.79 Å². The van der Waals surface area contributed by atoms with E-state index in [2.05, 4.69) is 6.58 Å². The third kappa shape index (κ3) is 5.09. The fourth-order valence-electron chi connectivity index (χ4n) is 5.82. The van der Waals surface area contributed by atoms with E-state index in [4.69, 9.17) is 28.6 Å². The van der Waals surface area contributed by atoms with E-state index in [0.717, 1.165) is 33.4 Å². The Labute approximate surface area is 265 Å². The summed E-state index contributed by atoms with van der Waals surface area (Å²) in [7, 11) is 1.59. The largest absolute Gasteiger partial charge is 0.496 e. The number of nitro benzene ring substituents is 1. The van der Waals surface area contributed by atoms with Gasteiger partial charge in [0.2, 0.25) is 0 Å². The standard InChI is InChI=1S/C35H32N4O7/c1-7-36-20(5)25-16-22-18-28(19(3)4)45-32(22)30-31-29-21(10-9-11-27(29)43-6)17-26(34(40)44-8-2)38(31)35(46-33(25)30)37-23-12-14-24(15-13-23)39(41)42/h9-18,31H,3,7-8H2,1-2,4-6H3. The molecule has 0 saturated heterocycles. The first kappa shape index (κ1) is 30.3. The first-order valence-electron chi connectivity index (χ1n) is 14.8. The lowest BCUT2D eigenvalue weighted by molar-refractivity contribution is -0.384. The molecular formula is C35H32N4O7. The first-order valence-corrected chi connectivity index (χ1v) is 14.8. The summed E-state index contributed by atoms with van der Waals surface area (Å²) in [6, 6.07) is 14.6. The van der Waals surface area contributed by atoms with Crippen LogP contribution >= 0.6 is 0 Å². The normalized spacial score (nSPS) is 16.2. The molecule has 0 bridgehead atoms. The number of esters is 1. The summed E-state index contributed by atoms with van der Waals surface area (Å²) >= 11 is 0. The van der Waals surface area contributed by atoms with Crippen LogP contribution in [0.3, 0.4) is 0 Å². The van der Waals surface area contributed by atoms with Crippen molar-refractivity contribution >= 4 is 51.7 Å². The first-order chi connectivity index (χ1) is 22.2. The number of amidine groups is 1. The SMILES string of the molecule is C=C(C)c1cc2cc(C(C)=NCC)c3c(c2o1)C1c2c(cccc2OC)C=C(C(=O)OCC)N1C(=Nc1ccc([N+](=O)[O-])cc1)O3. The predicted octanol–water partition coefficient (Wildman–Crippen LogP) is 7.60. The molecule has 234 valence electrons. The maximum atomic E-state index is 13.7. The lowest BCUT2D eigenvalue weighted by atomic mass is 9.85. The number of nitro groups is 1. The number of allylic oxidation sites excluding steroid dienone is 1. The maximum Gasteiger partial charge on any atom is 0.355 e. The highest BCUT2D eigenvalue weighted by molar-refractivity contribution is 6.09. The Balaban J connectivity index is 1.74. The summed E-state index contributed by atoms with van der Waals surface area (Å²) in [6.07, 6.45) is 1.72. The minimum atomic E-state index is -0.725. The number of furan rings is 1. The van der Waals surface area contributed by atoms with Crippen LogP contribution in [-0.2, 0) is 9.53 Å². The van der Waals surface area contributed by atoms with E-state index in [1.807, 2.05) is 51.1 Å². The minimum Gasteiger partial charge on any atom is -0.496 e. The number of rotatable bonds is 8. The van der Waals surface area contributed by atoms with Gasteiger partial charge in [0.1, 0.15) is 34.6 Å². The third-order valence-electron chi connectivity index (χ3n) is 7.85. The Morgan fingerprint density at radius 1 is 1.11 bits per heavy atom. The summed E-state index contributed by atoms with van der Waals surface area (Å²) in [4.78, 5) is 35.7. The van der Waals surface area contributed by atoms with E-state index in [9.17, 15) is 14.9 Å². The molecule has 0 radical (unpaired) electrons. The Hall–Kier alpha value is -5.71. The molecule has 1 atom stereocenters. The smallest absolute Gasteiger partial charge is 0.355 e. The van der Waals surface area contributed by atoms with Crippen molar-refractivity contribution in [2.24, 2.45) is 9.98 Å². The molecule has 0 N–H and O–H groups in total.